The van der Waals surface area contributed by atoms with E-state index < -0.39 is 29.6 Å². The van der Waals surface area contributed by atoms with Gasteiger partial charge < -0.3 is 20.3 Å². The molecule has 1 aliphatic heterocycles. The second-order valence-corrected chi connectivity index (χ2v) is 12.1. The molecule has 0 radical (unpaired) electrons. The molecule has 1 aliphatic rings. The maximum absolute atomic E-state index is 13.6. The van der Waals surface area contributed by atoms with Crippen LogP contribution in [0.3, 0.4) is 0 Å². The van der Waals surface area contributed by atoms with Gasteiger partial charge in [-0.1, -0.05) is 45.0 Å². The molecule has 0 spiro atoms. The minimum absolute atomic E-state index is 0.0808. The van der Waals surface area contributed by atoms with E-state index in [-0.39, 0.29) is 34.7 Å². The van der Waals surface area contributed by atoms with E-state index in [4.69, 9.17) is 4.74 Å². The Morgan fingerprint density at radius 1 is 1.16 bits per heavy atom. The number of aryl methyl sites for hydroxylation is 1. The molecule has 2 aromatic rings. The molecule has 1 saturated heterocycles. The van der Waals surface area contributed by atoms with Crippen molar-refractivity contribution < 1.29 is 23.9 Å². The van der Waals surface area contributed by atoms with Gasteiger partial charge in [0.25, 0.3) is 3.91 Å². The van der Waals surface area contributed by atoms with Crippen LogP contribution in [-0.2, 0) is 19.1 Å². The molecule has 0 saturated carbocycles. The molecule has 2 N–H and O–H groups in total. The normalized spacial score (nSPS) is 19.2. The number of rotatable bonds is 7. The van der Waals surface area contributed by atoms with Crippen molar-refractivity contribution in [3.05, 3.63) is 41.0 Å². The number of hydrogen-bond acceptors (Lipinski definition) is 7. The highest BCUT2D eigenvalue weighted by Gasteiger charge is 2.46. The van der Waals surface area contributed by atoms with E-state index >= 15 is 0 Å². The zero-order valence-corrected chi connectivity index (χ0v) is 24.8. The summed E-state index contributed by atoms with van der Waals surface area (Å²) in [5.74, 6) is -1.20. The number of aromatic nitrogens is 1. The molecule has 1 fully saturated rings. The Labute approximate surface area is 234 Å². The van der Waals surface area contributed by atoms with Crippen LogP contribution in [0.15, 0.2) is 29.8 Å². The van der Waals surface area contributed by atoms with Gasteiger partial charge in [0.05, 0.1) is 28.7 Å². The summed E-state index contributed by atoms with van der Waals surface area (Å²) in [7, 11) is 0. The Bertz CT molecular complexity index is 1160. The molecule has 3 rings (SSSR count). The molecule has 0 aliphatic carbocycles. The maximum Gasteiger partial charge on any atom is 0.302 e. The second kappa shape index (κ2) is 11.9. The number of hydrogen-bond donors (Lipinski definition) is 2. The summed E-state index contributed by atoms with van der Waals surface area (Å²) in [6.07, 6.45) is -0.423. The number of carbonyl (C=O) groups excluding carboxylic acids is 4. The number of halogens is 1. The van der Waals surface area contributed by atoms with E-state index in [0.29, 0.717) is 0 Å². The van der Waals surface area contributed by atoms with Gasteiger partial charge in [-0.2, -0.15) is 0 Å². The van der Waals surface area contributed by atoms with E-state index in [1.54, 1.807) is 33.9 Å². The van der Waals surface area contributed by atoms with Crippen LogP contribution in [-0.4, -0.2) is 56.3 Å². The lowest BCUT2D eigenvalue weighted by Gasteiger charge is -2.35. The Kier molecular flexibility index (Phi) is 9.32. The summed E-state index contributed by atoms with van der Waals surface area (Å²) >= 11 is 3.17. The third kappa shape index (κ3) is 7.28. The number of likely N-dealkylation sites (tertiary alicyclic amines) is 1. The number of esters is 1. The fourth-order valence-electron chi connectivity index (χ4n) is 4.43. The van der Waals surface area contributed by atoms with E-state index in [1.165, 1.54) is 11.8 Å². The SMILES string of the molecule is CC(=O)O[C@@H]1C[C@@H](C(=O)N[C@@H](C)c2ccc(-c3scnc3C)cc2)N(C(=O)C(NC(=O)I)C(C)(C)C)C1. The molecule has 200 valence electrons. The topological polar surface area (TPSA) is 118 Å². The van der Waals surface area contributed by atoms with Crippen molar-refractivity contribution in [2.24, 2.45) is 5.41 Å². The van der Waals surface area contributed by atoms with Gasteiger partial charge in [-0.25, -0.2) is 4.98 Å². The second-order valence-electron chi connectivity index (χ2n) is 10.3. The van der Waals surface area contributed by atoms with Crippen LogP contribution >= 0.6 is 33.9 Å². The fraction of sp³-hybridized carbons (Fsp3) is 0.500. The number of nitrogens with one attached hydrogen (secondary N) is 2. The quantitative estimate of drug-likeness (QED) is 0.201. The number of amides is 3. The number of benzene rings is 1. The predicted molar refractivity (Wildman–Crippen MR) is 150 cm³/mol. The van der Waals surface area contributed by atoms with Crippen LogP contribution < -0.4 is 10.6 Å². The van der Waals surface area contributed by atoms with Crippen molar-refractivity contribution in [2.75, 3.05) is 6.54 Å². The monoisotopic (exact) mass is 640 g/mol. The number of carbonyl (C=O) groups is 4. The minimum atomic E-state index is -0.844. The van der Waals surface area contributed by atoms with Gasteiger partial charge >= 0.3 is 5.97 Å². The van der Waals surface area contributed by atoms with Gasteiger partial charge in [-0.05, 0) is 30.4 Å². The molecule has 9 nitrogen and oxygen atoms in total. The zero-order chi connectivity index (χ0) is 27.5. The zero-order valence-electron chi connectivity index (χ0n) is 21.8. The number of thiazole rings is 1. The highest BCUT2D eigenvalue weighted by Crippen LogP contribution is 2.30. The van der Waals surface area contributed by atoms with Crippen molar-refractivity contribution in [1.29, 1.82) is 0 Å². The Morgan fingerprint density at radius 2 is 1.81 bits per heavy atom. The molecule has 37 heavy (non-hydrogen) atoms. The van der Waals surface area contributed by atoms with Crippen LogP contribution in [0.2, 0.25) is 0 Å². The van der Waals surface area contributed by atoms with E-state index in [2.05, 4.69) is 15.6 Å². The average molecular weight is 641 g/mol. The smallest absolute Gasteiger partial charge is 0.302 e. The van der Waals surface area contributed by atoms with Gasteiger partial charge in [0.2, 0.25) is 11.8 Å². The summed E-state index contributed by atoms with van der Waals surface area (Å²) in [5.41, 5.74) is 4.17. The Hall–Kier alpha value is -2.54. The first-order valence-electron chi connectivity index (χ1n) is 12.0. The van der Waals surface area contributed by atoms with Crippen LogP contribution in [0.1, 0.15) is 58.3 Å². The summed E-state index contributed by atoms with van der Waals surface area (Å²) in [6, 6.07) is 5.93. The predicted octanol–water partition coefficient (Wildman–Crippen LogP) is 4.39. The van der Waals surface area contributed by atoms with Crippen LogP contribution in [0.4, 0.5) is 4.79 Å². The van der Waals surface area contributed by atoms with Crippen LogP contribution in [0.5, 0.6) is 0 Å². The summed E-state index contributed by atoms with van der Waals surface area (Å²) in [5, 5.41) is 5.72. The average Bonchev–Trinajstić information content (AvgIpc) is 3.42. The molecule has 0 bridgehead atoms. The molecule has 1 aromatic carbocycles. The first-order valence-corrected chi connectivity index (χ1v) is 14.0. The summed E-state index contributed by atoms with van der Waals surface area (Å²) in [6.45, 7) is 10.8. The largest absolute Gasteiger partial charge is 0.461 e. The van der Waals surface area contributed by atoms with E-state index in [0.717, 1.165) is 21.7 Å². The van der Waals surface area contributed by atoms with Crippen LogP contribution in [0.25, 0.3) is 10.4 Å². The third-order valence-corrected chi connectivity index (χ3v) is 7.62. The van der Waals surface area contributed by atoms with Gasteiger partial charge in [0.15, 0.2) is 0 Å². The summed E-state index contributed by atoms with van der Waals surface area (Å²) < 4.78 is 4.99. The first kappa shape index (κ1) is 29.0. The lowest BCUT2D eigenvalue weighted by Crippen LogP contribution is -2.57. The van der Waals surface area contributed by atoms with Crippen molar-refractivity contribution in [1.82, 2.24) is 20.5 Å². The fourth-order valence-corrected chi connectivity index (χ4v) is 5.56. The van der Waals surface area contributed by atoms with E-state index in [1.807, 2.05) is 64.4 Å². The molecular weight excluding hydrogens is 607 g/mol. The maximum atomic E-state index is 13.6. The molecule has 1 aromatic heterocycles. The van der Waals surface area contributed by atoms with E-state index in [9.17, 15) is 19.2 Å². The van der Waals surface area contributed by atoms with Crippen molar-refractivity contribution in [3.8, 4) is 10.4 Å². The minimum Gasteiger partial charge on any atom is -0.461 e. The molecule has 2 heterocycles. The van der Waals surface area contributed by atoms with Crippen molar-refractivity contribution in [2.45, 2.75) is 72.2 Å². The Balaban J connectivity index is 1.78. The highest BCUT2D eigenvalue weighted by atomic mass is 127. The van der Waals surface area contributed by atoms with Crippen LogP contribution in [0, 0.1) is 12.3 Å². The summed E-state index contributed by atoms with van der Waals surface area (Å²) in [4.78, 5) is 57.3. The molecule has 1 unspecified atom stereocenters. The standard InChI is InChI=1S/C26H33IN4O5S/c1-14(17-7-9-18(10-8-17)21-15(2)28-13-37-21)29-23(33)20-11-19(36-16(3)32)12-31(20)24(34)22(26(4,5)6)30-25(27)35/h7-10,13-14,19-20,22H,11-12H2,1-6H3,(H,29,33)(H,30,35)/t14-,19+,20-,22?/m0/s1. The molecule has 4 atom stereocenters. The van der Waals surface area contributed by atoms with Gasteiger partial charge in [0, 0.05) is 35.9 Å². The first-order chi connectivity index (χ1) is 17.3. The van der Waals surface area contributed by atoms with Crippen molar-refractivity contribution >= 4 is 55.6 Å². The van der Waals surface area contributed by atoms with Gasteiger partial charge in [0.1, 0.15) is 18.2 Å². The lowest BCUT2D eigenvalue weighted by atomic mass is 9.85. The molecular formula is C26H33IN4O5S. The molecule has 3 amide bonds. The van der Waals surface area contributed by atoms with Gasteiger partial charge in [-0.15, -0.1) is 11.3 Å². The number of nitrogens with zero attached hydrogens (tertiary/aromatic N) is 2. The molecule has 11 heteroatoms. The Morgan fingerprint density at radius 3 is 2.32 bits per heavy atom. The third-order valence-electron chi connectivity index (χ3n) is 6.33. The number of ether oxygens (including phenoxy) is 1. The highest BCUT2D eigenvalue weighted by molar-refractivity contribution is 14.1. The lowest BCUT2D eigenvalue weighted by molar-refractivity contribution is -0.147. The van der Waals surface area contributed by atoms with Gasteiger partial charge in [-0.3, -0.25) is 19.2 Å². The van der Waals surface area contributed by atoms with Crippen molar-refractivity contribution in [3.63, 3.8) is 0 Å².